The molecule has 0 aromatic heterocycles. The van der Waals surface area contributed by atoms with Crippen LogP contribution in [0.1, 0.15) is 15.9 Å². The van der Waals surface area contributed by atoms with Crippen LogP contribution in [0.3, 0.4) is 0 Å². The van der Waals surface area contributed by atoms with Crippen LogP contribution in [0.4, 0.5) is 18.9 Å². The Morgan fingerprint density at radius 3 is 2.42 bits per heavy atom. The lowest BCUT2D eigenvalue weighted by Gasteiger charge is -2.29. The summed E-state index contributed by atoms with van der Waals surface area (Å²) in [7, 11) is 0. The molecule has 0 radical (unpaired) electrons. The van der Waals surface area contributed by atoms with Crippen molar-refractivity contribution in [2.75, 3.05) is 31.2 Å². The molecule has 2 rings (SSSR count). The molecule has 1 aromatic rings. The first kappa shape index (κ1) is 13.7. The van der Waals surface area contributed by atoms with Crippen molar-refractivity contribution in [1.82, 2.24) is 0 Å². The molecule has 1 aromatic carbocycles. The average molecular weight is 275 g/mol. The van der Waals surface area contributed by atoms with Crippen molar-refractivity contribution in [2.45, 2.75) is 6.18 Å². The van der Waals surface area contributed by atoms with Crippen LogP contribution in [-0.4, -0.2) is 37.4 Å². The van der Waals surface area contributed by atoms with Gasteiger partial charge in [0.25, 0.3) is 0 Å². The lowest BCUT2D eigenvalue weighted by Crippen LogP contribution is -2.36. The van der Waals surface area contributed by atoms with Crippen LogP contribution in [-0.2, 0) is 10.9 Å². The topological polar surface area (TPSA) is 49.8 Å². The highest BCUT2D eigenvalue weighted by molar-refractivity contribution is 5.91. The fourth-order valence-corrected chi connectivity index (χ4v) is 1.97. The van der Waals surface area contributed by atoms with Crippen molar-refractivity contribution in [1.29, 1.82) is 0 Å². The van der Waals surface area contributed by atoms with Crippen LogP contribution in [0.5, 0.6) is 0 Å². The first-order valence-electron chi connectivity index (χ1n) is 5.67. The number of aromatic carboxylic acids is 1. The molecule has 104 valence electrons. The van der Waals surface area contributed by atoms with Crippen molar-refractivity contribution in [3.8, 4) is 0 Å². The molecular weight excluding hydrogens is 263 g/mol. The van der Waals surface area contributed by atoms with Crippen LogP contribution >= 0.6 is 0 Å². The Hall–Kier alpha value is -1.76. The molecule has 1 aliphatic heterocycles. The van der Waals surface area contributed by atoms with Gasteiger partial charge in [0, 0.05) is 18.8 Å². The number of carboxylic acids is 1. The van der Waals surface area contributed by atoms with Crippen LogP contribution in [0.2, 0.25) is 0 Å². The molecule has 0 unspecified atom stereocenters. The van der Waals surface area contributed by atoms with Gasteiger partial charge in [0.1, 0.15) is 0 Å². The fourth-order valence-electron chi connectivity index (χ4n) is 1.97. The molecule has 4 nitrogen and oxygen atoms in total. The number of hydrogen-bond donors (Lipinski definition) is 1. The lowest BCUT2D eigenvalue weighted by atomic mass is 10.1. The molecule has 0 atom stereocenters. The third kappa shape index (κ3) is 2.98. The largest absolute Gasteiger partial charge is 0.478 e. The summed E-state index contributed by atoms with van der Waals surface area (Å²) in [4.78, 5) is 12.8. The monoisotopic (exact) mass is 275 g/mol. The van der Waals surface area contributed by atoms with Crippen LogP contribution in [0.25, 0.3) is 0 Å². The lowest BCUT2D eigenvalue weighted by molar-refractivity contribution is -0.138. The Balaban J connectivity index is 2.38. The summed E-state index contributed by atoms with van der Waals surface area (Å²) in [6.07, 6.45) is -4.67. The van der Waals surface area contributed by atoms with Gasteiger partial charge >= 0.3 is 12.1 Å². The zero-order valence-electron chi connectivity index (χ0n) is 9.91. The maximum absolute atomic E-state index is 12.7. The van der Waals surface area contributed by atoms with Crippen molar-refractivity contribution < 1.29 is 27.8 Å². The highest BCUT2D eigenvalue weighted by Crippen LogP contribution is 2.34. The Labute approximate surface area is 107 Å². The van der Waals surface area contributed by atoms with E-state index in [4.69, 9.17) is 9.84 Å². The fraction of sp³-hybridized carbons (Fsp3) is 0.417. The Morgan fingerprint density at radius 2 is 1.89 bits per heavy atom. The van der Waals surface area contributed by atoms with Crippen molar-refractivity contribution in [2.24, 2.45) is 0 Å². The molecule has 0 saturated carbocycles. The smallest absolute Gasteiger partial charge is 0.417 e. The number of alkyl halides is 3. The van der Waals surface area contributed by atoms with Crippen LogP contribution in [0, 0.1) is 0 Å². The second-order valence-corrected chi connectivity index (χ2v) is 4.13. The molecule has 0 amide bonds. The number of carbonyl (C=O) groups is 1. The second-order valence-electron chi connectivity index (χ2n) is 4.13. The van der Waals surface area contributed by atoms with E-state index in [9.17, 15) is 18.0 Å². The van der Waals surface area contributed by atoms with Gasteiger partial charge in [-0.3, -0.25) is 0 Å². The number of anilines is 1. The van der Waals surface area contributed by atoms with E-state index in [-0.39, 0.29) is 0 Å². The van der Waals surface area contributed by atoms with E-state index < -0.39 is 23.3 Å². The number of nitrogens with zero attached hydrogens (tertiary/aromatic N) is 1. The summed E-state index contributed by atoms with van der Waals surface area (Å²) >= 11 is 0. The van der Waals surface area contributed by atoms with E-state index in [2.05, 4.69) is 0 Å². The molecule has 1 heterocycles. The number of halogens is 3. The Bertz CT molecular complexity index is 482. The van der Waals surface area contributed by atoms with Gasteiger partial charge in [-0.05, 0) is 18.2 Å². The van der Waals surface area contributed by atoms with E-state index in [0.29, 0.717) is 32.0 Å². The van der Waals surface area contributed by atoms with Gasteiger partial charge in [0.05, 0.1) is 24.3 Å². The van der Waals surface area contributed by atoms with Gasteiger partial charge in [-0.2, -0.15) is 13.2 Å². The summed E-state index contributed by atoms with van der Waals surface area (Å²) in [5.41, 5.74) is -1.39. The highest BCUT2D eigenvalue weighted by atomic mass is 19.4. The number of benzene rings is 1. The standard InChI is InChI=1S/C12H12F3NO3/c13-12(14,15)10-2-1-8(7-9(10)11(17)18)16-3-5-19-6-4-16/h1-2,7H,3-6H2,(H,17,18). The van der Waals surface area contributed by atoms with E-state index in [0.717, 1.165) is 12.1 Å². The molecule has 0 aliphatic carbocycles. The summed E-state index contributed by atoms with van der Waals surface area (Å²) in [5, 5.41) is 8.91. The van der Waals surface area contributed by atoms with Crippen molar-refractivity contribution >= 4 is 11.7 Å². The molecule has 19 heavy (non-hydrogen) atoms. The minimum absolute atomic E-state index is 0.466. The normalized spacial score (nSPS) is 16.5. The SMILES string of the molecule is O=C(O)c1cc(N2CCOCC2)ccc1C(F)(F)F. The van der Waals surface area contributed by atoms with Gasteiger partial charge in [0.2, 0.25) is 0 Å². The second kappa shape index (κ2) is 5.08. The van der Waals surface area contributed by atoms with E-state index in [1.165, 1.54) is 6.07 Å². The van der Waals surface area contributed by atoms with E-state index in [1.54, 1.807) is 4.90 Å². The minimum atomic E-state index is -4.67. The summed E-state index contributed by atoms with van der Waals surface area (Å²) in [6, 6.07) is 3.17. The molecule has 0 bridgehead atoms. The van der Waals surface area contributed by atoms with Crippen LogP contribution < -0.4 is 4.90 Å². The molecule has 0 spiro atoms. The van der Waals surface area contributed by atoms with Gasteiger partial charge in [-0.1, -0.05) is 0 Å². The molecule has 1 N–H and O–H groups in total. The molecule has 1 saturated heterocycles. The van der Waals surface area contributed by atoms with Crippen molar-refractivity contribution in [3.63, 3.8) is 0 Å². The molecule has 7 heteroatoms. The van der Waals surface area contributed by atoms with Gasteiger partial charge in [0.15, 0.2) is 0 Å². The van der Waals surface area contributed by atoms with E-state index >= 15 is 0 Å². The number of hydrogen-bond acceptors (Lipinski definition) is 3. The highest BCUT2D eigenvalue weighted by Gasteiger charge is 2.35. The number of carboxylic acid groups (broad SMARTS) is 1. The number of ether oxygens (including phenoxy) is 1. The summed E-state index contributed by atoms with van der Waals surface area (Å²) < 4.78 is 43.2. The Kier molecular flexibility index (Phi) is 3.66. The maximum Gasteiger partial charge on any atom is 0.417 e. The molecule has 1 fully saturated rings. The predicted molar refractivity (Wildman–Crippen MR) is 61.4 cm³/mol. The predicted octanol–water partition coefficient (Wildman–Crippen LogP) is 2.24. The minimum Gasteiger partial charge on any atom is -0.478 e. The zero-order valence-corrected chi connectivity index (χ0v) is 9.91. The first-order chi connectivity index (χ1) is 8.89. The number of morpholine rings is 1. The van der Waals surface area contributed by atoms with E-state index in [1.807, 2.05) is 0 Å². The van der Waals surface area contributed by atoms with Crippen LogP contribution in [0.15, 0.2) is 18.2 Å². The van der Waals surface area contributed by atoms with Gasteiger partial charge in [-0.15, -0.1) is 0 Å². The average Bonchev–Trinajstić information content (AvgIpc) is 2.38. The zero-order chi connectivity index (χ0) is 14.0. The van der Waals surface area contributed by atoms with Gasteiger partial charge in [-0.25, -0.2) is 4.79 Å². The third-order valence-corrected chi connectivity index (χ3v) is 2.92. The quantitative estimate of drug-likeness (QED) is 0.899. The Morgan fingerprint density at radius 1 is 1.26 bits per heavy atom. The first-order valence-corrected chi connectivity index (χ1v) is 5.67. The number of rotatable bonds is 2. The maximum atomic E-state index is 12.7. The molecule has 1 aliphatic rings. The molecular formula is C12H12F3NO3. The third-order valence-electron chi connectivity index (χ3n) is 2.92. The van der Waals surface area contributed by atoms with Crippen molar-refractivity contribution in [3.05, 3.63) is 29.3 Å². The summed E-state index contributed by atoms with van der Waals surface area (Å²) in [6.45, 7) is 2.02. The van der Waals surface area contributed by atoms with Gasteiger partial charge < -0.3 is 14.7 Å². The summed E-state index contributed by atoms with van der Waals surface area (Å²) in [5.74, 6) is -1.58.